The monoisotopic (exact) mass is 270 g/mol. The Morgan fingerprint density at radius 1 is 1.26 bits per heavy atom. The first-order valence-corrected chi connectivity index (χ1v) is 7.37. The fourth-order valence-electron chi connectivity index (χ4n) is 3.02. The number of nitrogens with zero attached hydrogens (tertiary/aromatic N) is 2. The molecule has 0 radical (unpaired) electrons. The van der Waals surface area contributed by atoms with Crippen molar-refractivity contribution in [3.63, 3.8) is 0 Å². The number of aliphatic hydroxyl groups excluding tert-OH is 1. The van der Waals surface area contributed by atoms with E-state index < -0.39 is 0 Å². The quantitative estimate of drug-likeness (QED) is 0.800. The van der Waals surface area contributed by atoms with E-state index in [4.69, 9.17) is 9.84 Å². The number of hydrogen-bond donors (Lipinski definition) is 1. The number of carbonyl (C=O) groups is 1. The Hall–Kier alpha value is -0.650. The van der Waals surface area contributed by atoms with Crippen molar-refractivity contribution in [2.24, 2.45) is 5.92 Å². The first-order valence-electron chi connectivity index (χ1n) is 7.37. The summed E-state index contributed by atoms with van der Waals surface area (Å²) >= 11 is 0. The Bertz CT molecular complexity index is 284. The van der Waals surface area contributed by atoms with Crippen molar-refractivity contribution in [2.45, 2.75) is 31.7 Å². The van der Waals surface area contributed by atoms with Gasteiger partial charge in [-0.15, -0.1) is 0 Å². The minimum Gasteiger partial charge on any atom is -0.396 e. The molecule has 2 aliphatic rings. The highest BCUT2D eigenvalue weighted by Gasteiger charge is 2.26. The van der Waals surface area contributed by atoms with Gasteiger partial charge in [0.25, 0.3) is 0 Å². The number of morpholine rings is 1. The van der Waals surface area contributed by atoms with E-state index in [1.165, 1.54) is 0 Å². The molecule has 0 aromatic rings. The Labute approximate surface area is 115 Å². The lowest BCUT2D eigenvalue weighted by Crippen LogP contribution is -2.47. The maximum absolute atomic E-state index is 12.2. The summed E-state index contributed by atoms with van der Waals surface area (Å²) < 4.78 is 5.26. The highest BCUT2D eigenvalue weighted by atomic mass is 16.5. The van der Waals surface area contributed by atoms with E-state index in [0.29, 0.717) is 38.3 Å². The van der Waals surface area contributed by atoms with Crippen molar-refractivity contribution in [3.05, 3.63) is 0 Å². The van der Waals surface area contributed by atoms with Crippen LogP contribution in [-0.2, 0) is 9.53 Å². The van der Waals surface area contributed by atoms with Gasteiger partial charge in [-0.2, -0.15) is 0 Å². The van der Waals surface area contributed by atoms with Gasteiger partial charge in [-0.05, 0) is 38.6 Å². The van der Waals surface area contributed by atoms with Crippen LogP contribution in [0.1, 0.15) is 25.7 Å². The van der Waals surface area contributed by atoms with E-state index in [-0.39, 0.29) is 5.91 Å². The Morgan fingerprint density at radius 2 is 1.89 bits per heavy atom. The molecule has 1 N–H and O–H groups in total. The predicted octanol–water partition coefficient (Wildman–Crippen LogP) is 0.328. The van der Waals surface area contributed by atoms with Gasteiger partial charge in [0.1, 0.15) is 0 Å². The average Bonchev–Trinajstić information content (AvgIpc) is 2.48. The highest BCUT2D eigenvalue weighted by molar-refractivity contribution is 5.78. The maximum Gasteiger partial charge on any atom is 0.236 e. The van der Waals surface area contributed by atoms with Crippen LogP contribution in [0.4, 0.5) is 0 Å². The molecule has 0 aromatic carbocycles. The minimum absolute atomic E-state index is 0.218. The van der Waals surface area contributed by atoms with Crippen LogP contribution in [-0.4, -0.2) is 73.4 Å². The third-order valence-corrected chi connectivity index (χ3v) is 4.45. The van der Waals surface area contributed by atoms with Gasteiger partial charge in [0, 0.05) is 25.7 Å². The number of hydrogen-bond acceptors (Lipinski definition) is 4. The summed E-state index contributed by atoms with van der Waals surface area (Å²) in [6, 6.07) is 0.493. The SMILES string of the molecule is CN(CC(=O)N1CCOCC1)C1CCC(CO)CC1. The summed E-state index contributed by atoms with van der Waals surface area (Å²) in [5.74, 6) is 0.690. The van der Waals surface area contributed by atoms with Gasteiger partial charge >= 0.3 is 0 Å². The van der Waals surface area contributed by atoms with Crippen molar-refractivity contribution in [3.8, 4) is 0 Å². The van der Waals surface area contributed by atoms with E-state index in [9.17, 15) is 4.79 Å². The van der Waals surface area contributed by atoms with Gasteiger partial charge < -0.3 is 14.7 Å². The molecule has 1 aliphatic carbocycles. The van der Waals surface area contributed by atoms with E-state index in [1.54, 1.807) is 0 Å². The van der Waals surface area contributed by atoms with Crippen LogP contribution >= 0.6 is 0 Å². The average molecular weight is 270 g/mol. The zero-order valence-corrected chi connectivity index (χ0v) is 11.9. The number of ether oxygens (including phenoxy) is 1. The van der Waals surface area contributed by atoms with E-state index in [0.717, 1.165) is 38.8 Å². The van der Waals surface area contributed by atoms with Gasteiger partial charge in [-0.3, -0.25) is 9.69 Å². The van der Waals surface area contributed by atoms with E-state index in [1.807, 2.05) is 11.9 Å². The topological polar surface area (TPSA) is 53.0 Å². The first-order chi connectivity index (χ1) is 9.20. The number of likely N-dealkylation sites (N-methyl/N-ethyl adjacent to an activating group) is 1. The number of aliphatic hydroxyl groups is 1. The van der Waals surface area contributed by atoms with E-state index in [2.05, 4.69) is 4.90 Å². The van der Waals surface area contributed by atoms with Crippen LogP contribution < -0.4 is 0 Å². The molecule has 0 aromatic heterocycles. The number of amides is 1. The summed E-state index contributed by atoms with van der Waals surface area (Å²) in [5.41, 5.74) is 0. The summed E-state index contributed by atoms with van der Waals surface area (Å²) in [6.45, 7) is 3.60. The summed E-state index contributed by atoms with van der Waals surface area (Å²) in [6.07, 6.45) is 4.35. The lowest BCUT2D eigenvalue weighted by molar-refractivity contribution is -0.136. The van der Waals surface area contributed by atoms with Crippen LogP contribution in [0.2, 0.25) is 0 Å². The molecule has 19 heavy (non-hydrogen) atoms. The van der Waals surface area contributed by atoms with Crippen LogP contribution in [0.3, 0.4) is 0 Å². The fourth-order valence-corrected chi connectivity index (χ4v) is 3.02. The Balaban J connectivity index is 1.74. The molecule has 2 rings (SSSR count). The van der Waals surface area contributed by atoms with Crippen molar-refractivity contribution in [1.82, 2.24) is 9.80 Å². The summed E-state index contributed by atoms with van der Waals surface area (Å²) in [4.78, 5) is 16.2. The molecule has 0 bridgehead atoms. The molecule has 1 heterocycles. The van der Waals surface area contributed by atoms with Crippen LogP contribution in [0, 0.1) is 5.92 Å². The second-order valence-electron chi connectivity index (χ2n) is 5.77. The Morgan fingerprint density at radius 3 is 2.47 bits per heavy atom. The maximum atomic E-state index is 12.2. The van der Waals surface area contributed by atoms with Gasteiger partial charge in [0.15, 0.2) is 0 Å². The van der Waals surface area contributed by atoms with Crippen molar-refractivity contribution < 1.29 is 14.6 Å². The lowest BCUT2D eigenvalue weighted by atomic mass is 9.86. The zero-order valence-electron chi connectivity index (χ0n) is 11.9. The summed E-state index contributed by atoms with van der Waals surface area (Å²) in [7, 11) is 2.04. The molecule has 0 spiro atoms. The lowest BCUT2D eigenvalue weighted by Gasteiger charge is -2.35. The van der Waals surface area contributed by atoms with Crippen molar-refractivity contribution in [1.29, 1.82) is 0 Å². The third kappa shape index (κ3) is 4.16. The van der Waals surface area contributed by atoms with Crippen LogP contribution in [0.25, 0.3) is 0 Å². The number of rotatable bonds is 4. The van der Waals surface area contributed by atoms with Gasteiger partial charge in [-0.1, -0.05) is 0 Å². The molecule has 1 amide bonds. The molecule has 1 saturated carbocycles. The van der Waals surface area contributed by atoms with Crippen LogP contribution in [0.5, 0.6) is 0 Å². The van der Waals surface area contributed by atoms with Crippen LogP contribution in [0.15, 0.2) is 0 Å². The molecule has 1 saturated heterocycles. The third-order valence-electron chi connectivity index (χ3n) is 4.45. The molecular weight excluding hydrogens is 244 g/mol. The molecule has 110 valence electrons. The van der Waals surface area contributed by atoms with Crippen molar-refractivity contribution >= 4 is 5.91 Å². The molecule has 2 fully saturated rings. The molecule has 1 aliphatic heterocycles. The van der Waals surface area contributed by atoms with Gasteiger partial charge in [-0.25, -0.2) is 0 Å². The normalized spacial score (nSPS) is 28.7. The molecule has 0 unspecified atom stereocenters. The molecule has 5 nitrogen and oxygen atoms in total. The second kappa shape index (κ2) is 7.22. The van der Waals surface area contributed by atoms with Gasteiger partial charge in [0.05, 0.1) is 19.8 Å². The zero-order chi connectivity index (χ0) is 13.7. The first kappa shape index (κ1) is 14.8. The second-order valence-corrected chi connectivity index (χ2v) is 5.77. The molecular formula is C14H26N2O3. The highest BCUT2D eigenvalue weighted by Crippen LogP contribution is 2.26. The molecule has 0 atom stereocenters. The predicted molar refractivity (Wildman–Crippen MR) is 72.9 cm³/mol. The molecule has 5 heteroatoms. The smallest absolute Gasteiger partial charge is 0.236 e. The fraction of sp³-hybridized carbons (Fsp3) is 0.929. The number of carbonyl (C=O) groups excluding carboxylic acids is 1. The largest absolute Gasteiger partial charge is 0.396 e. The summed E-state index contributed by atoms with van der Waals surface area (Å²) in [5, 5.41) is 9.15. The van der Waals surface area contributed by atoms with Crippen molar-refractivity contribution in [2.75, 3.05) is 46.5 Å². The Kier molecular flexibility index (Phi) is 5.60. The van der Waals surface area contributed by atoms with Gasteiger partial charge in [0.2, 0.25) is 5.91 Å². The standard InChI is InChI=1S/C14H26N2O3/c1-15(13-4-2-12(11-17)3-5-13)10-14(18)16-6-8-19-9-7-16/h12-13,17H,2-11H2,1H3. The minimum atomic E-state index is 0.218. The van der Waals surface area contributed by atoms with E-state index >= 15 is 0 Å².